The third kappa shape index (κ3) is 4.27. The first kappa shape index (κ1) is 15.4. The van der Waals surface area contributed by atoms with Gasteiger partial charge in [0, 0.05) is 44.8 Å². The van der Waals surface area contributed by atoms with Crippen molar-refractivity contribution in [3.8, 4) is 0 Å². The van der Waals surface area contributed by atoms with Crippen LogP contribution >= 0.6 is 0 Å². The normalized spacial score (nSPS) is 17.6. The van der Waals surface area contributed by atoms with Gasteiger partial charge in [-0.3, -0.25) is 4.90 Å². The molecule has 1 aliphatic heterocycles. The zero-order chi connectivity index (χ0) is 14.4. The fraction of sp³-hybridized carbons (Fsp3) is 0.625. The molecule has 0 saturated carbocycles. The Morgan fingerprint density at radius 3 is 2.50 bits per heavy atom. The Morgan fingerprint density at radius 2 is 1.85 bits per heavy atom. The third-order valence-corrected chi connectivity index (χ3v) is 3.89. The van der Waals surface area contributed by atoms with E-state index < -0.39 is 0 Å². The molecule has 1 N–H and O–H groups in total. The van der Waals surface area contributed by atoms with Gasteiger partial charge in [-0.25, -0.2) is 4.39 Å². The summed E-state index contributed by atoms with van der Waals surface area (Å²) in [7, 11) is 1.91. The van der Waals surface area contributed by atoms with Crippen molar-refractivity contribution in [2.75, 3.05) is 39.8 Å². The van der Waals surface area contributed by atoms with Crippen LogP contribution in [0.15, 0.2) is 18.2 Å². The van der Waals surface area contributed by atoms with E-state index in [1.54, 1.807) is 6.07 Å². The molecule has 0 atom stereocenters. The Bertz CT molecular complexity index is 414. The lowest BCUT2D eigenvalue weighted by molar-refractivity contribution is 0.126. The third-order valence-electron chi connectivity index (χ3n) is 3.89. The summed E-state index contributed by atoms with van der Waals surface area (Å²) >= 11 is 0. The molecule has 0 amide bonds. The summed E-state index contributed by atoms with van der Waals surface area (Å²) in [4.78, 5) is 4.85. The average molecular weight is 279 g/mol. The molecule has 1 aromatic carbocycles. The molecule has 0 spiro atoms. The molecule has 0 bridgehead atoms. The Hall–Kier alpha value is -0.970. The molecule has 20 heavy (non-hydrogen) atoms. The van der Waals surface area contributed by atoms with Crippen molar-refractivity contribution in [2.45, 2.75) is 26.4 Å². The number of nitrogens with zero attached hydrogens (tertiary/aromatic N) is 2. The van der Waals surface area contributed by atoms with Gasteiger partial charge in [-0.15, -0.1) is 0 Å². The lowest BCUT2D eigenvalue weighted by Crippen LogP contribution is -2.46. The Kier molecular flexibility index (Phi) is 5.95. The number of piperazine rings is 1. The largest absolute Gasteiger partial charge is 0.316 e. The van der Waals surface area contributed by atoms with Crippen molar-refractivity contribution in [2.24, 2.45) is 0 Å². The van der Waals surface area contributed by atoms with Gasteiger partial charge in [-0.1, -0.05) is 19.1 Å². The molecule has 0 unspecified atom stereocenters. The lowest BCUT2D eigenvalue weighted by Gasteiger charge is -2.34. The summed E-state index contributed by atoms with van der Waals surface area (Å²) in [6.07, 6.45) is 1.21. The highest BCUT2D eigenvalue weighted by Gasteiger charge is 2.17. The number of hydrogen-bond acceptors (Lipinski definition) is 3. The summed E-state index contributed by atoms with van der Waals surface area (Å²) in [6, 6.07) is 5.44. The molecule has 3 nitrogen and oxygen atoms in total. The maximum Gasteiger partial charge on any atom is 0.127 e. The molecule has 0 aliphatic carbocycles. The number of benzene rings is 1. The van der Waals surface area contributed by atoms with Crippen molar-refractivity contribution < 1.29 is 4.39 Å². The van der Waals surface area contributed by atoms with Crippen LogP contribution in [0.1, 0.15) is 24.5 Å². The molecule has 4 heteroatoms. The van der Waals surface area contributed by atoms with Gasteiger partial charge in [-0.2, -0.15) is 0 Å². The van der Waals surface area contributed by atoms with Crippen molar-refractivity contribution in [3.63, 3.8) is 0 Å². The Balaban J connectivity index is 1.92. The number of halogens is 1. The summed E-state index contributed by atoms with van der Waals surface area (Å²) in [6.45, 7) is 9.19. The highest BCUT2D eigenvalue weighted by molar-refractivity contribution is 5.25. The highest BCUT2D eigenvalue weighted by atomic mass is 19.1. The first-order chi connectivity index (χ1) is 9.72. The lowest BCUT2D eigenvalue weighted by atomic mass is 10.1. The van der Waals surface area contributed by atoms with Gasteiger partial charge in [0.05, 0.1) is 0 Å². The zero-order valence-electron chi connectivity index (χ0n) is 12.7. The quantitative estimate of drug-likeness (QED) is 0.860. The van der Waals surface area contributed by atoms with Crippen molar-refractivity contribution in [1.29, 1.82) is 0 Å². The average Bonchev–Trinajstić information content (AvgIpc) is 2.45. The van der Waals surface area contributed by atoms with Crippen LogP contribution in [0.5, 0.6) is 0 Å². The van der Waals surface area contributed by atoms with Gasteiger partial charge in [0.2, 0.25) is 0 Å². The van der Waals surface area contributed by atoms with Crippen LogP contribution < -0.4 is 5.32 Å². The number of rotatable bonds is 6. The van der Waals surface area contributed by atoms with E-state index >= 15 is 0 Å². The van der Waals surface area contributed by atoms with Crippen LogP contribution in [-0.4, -0.2) is 49.6 Å². The summed E-state index contributed by atoms with van der Waals surface area (Å²) in [5.74, 6) is -0.0826. The SMILES string of the molecule is CCCN1CCN(Cc2cc(CNC)ccc2F)CC1. The second-order valence-electron chi connectivity index (χ2n) is 5.57. The van der Waals surface area contributed by atoms with Crippen LogP contribution in [0.2, 0.25) is 0 Å². The van der Waals surface area contributed by atoms with E-state index in [4.69, 9.17) is 0 Å². The molecule has 0 aromatic heterocycles. The van der Waals surface area contributed by atoms with E-state index in [2.05, 4.69) is 22.0 Å². The molecule has 112 valence electrons. The van der Waals surface area contributed by atoms with E-state index in [1.165, 1.54) is 13.0 Å². The number of nitrogens with one attached hydrogen (secondary N) is 1. The van der Waals surface area contributed by atoms with Gasteiger partial charge in [-0.05, 0) is 31.6 Å². The van der Waals surface area contributed by atoms with Crippen LogP contribution in [-0.2, 0) is 13.1 Å². The van der Waals surface area contributed by atoms with Crippen molar-refractivity contribution in [3.05, 3.63) is 35.1 Å². The van der Waals surface area contributed by atoms with Crippen LogP contribution in [0.3, 0.4) is 0 Å². The summed E-state index contributed by atoms with van der Waals surface area (Å²) in [5.41, 5.74) is 1.97. The van der Waals surface area contributed by atoms with E-state index in [-0.39, 0.29) is 5.82 Å². The maximum atomic E-state index is 13.9. The standard InChI is InChI=1S/C16H26FN3/c1-3-6-19-7-9-20(10-8-19)13-15-11-14(12-18-2)4-5-16(15)17/h4-5,11,18H,3,6-10,12-13H2,1-2H3. The van der Waals surface area contributed by atoms with E-state index in [0.29, 0.717) is 0 Å². The van der Waals surface area contributed by atoms with Gasteiger partial charge in [0.1, 0.15) is 5.82 Å². The van der Waals surface area contributed by atoms with E-state index in [9.17, 15) is 4.39 Å². The number of hydrogen-bond donors (Lipinski definition) is 1. The molecule has 1 aliphatic rings. The van der Waals surface area contributed by atoms with E-state index in [1.807, 2.05) is 19.2 Å². The fourth-order valence-corrected chi connectivity index (χ4v) is 2.79. The predicted octanol–water partition coefficient (Wildman–Crippen LogP) is 2.07. The van der Waals surface area contributed by atoms with Crippen molar-refractivity contribution in [1.82, 2.24) is 15.1 Å². The predicted molar refractivity (Wildman–Crippen MR) is 81.2 cm³/mol. The molecule has 2 rings (SSSR count). The minimum absolute atomic E-state index is 0.0826. The first-order valence-electron chi connectivity index (χ1n) is 7.59. The van der Waals surface area contributed by atoms with E-state index in [0.717, 1.165) is 50.4 Å². The summed E-state index contributed by atoms with van der Waals surface area (Å²) < 4.78 is 13.9. The monoisotopic (exact) mass is 279 g/mol. The van der Waals surface area contributed by atoms with Crippen LogP contribution in [0.4, 0.5) is 4.39 Å². The molecule has 1 heterocycles. The maximum absolute atomic E-state index is 13.9. The topological polar surface area (TPSA) is 18.5 Å². The molecule has 1 aromatic rings. The van der Waals surface area contributed by atoms with Crippen molar-refractivity contribution >= 4 is 0 Å². The molecular weight excluding hydrogens is 253 g/mol. The first-order valence-corrected chi connectivity index (χ1v) is 7.59. The fourth-order valence-electron chi connectivity index (χ4n) is 2.79. The van der Waals surface area contributed by atoms with Gasteiger partial charge < -0.3 is 10.2 Å². The minimum Gasteiger partial charge on any atom is -0.316 e. The second-order valence-corrected chi connectivity index (χ2v) is 5.57. The molecule has 1 saturated heterocycles. The second kappa shape index (κ2) is 7.72. The van der Waals surface area contributed by atoms with Gasteiger partial charge in [0.25, 0.3) is 0 Å². The Labute approximate surface area is 121 Å². The van der Waals surface area contributed by atoms with Gasteiger partial charge >= 0.3 is 0 Å². The minimum atomic E-state index is -0.0826. The molecular formula is C16H26FN3. The molecule has 1 fully saturated rings. The molecule has 0 radical (unpaired) electrons. The van der Waals surface area contributed by atoms with Crippen LogP contribution in [0.25, 0.3) is 0 Å². The van der Waals surface area contributed by atoms with Crippen LogP contribution in [0, 0.1) is 5.82 Å². The Morgan fingerprint density at radius 1 is 1.15 bits per heavy atom. The smallest absolute Gasteiger partial charge is 0.127 e. The summed E-state index contributed by atoms with van der Waals surface area (Å²) in [5, 5.41) is 3.11. The highest BCUT2D eigenvalue weighted by Crippen LogP contribution is 2.15. The zero-order valence-corrected chi connectivity index (χ0v) is 12.7. The van der Waals surface area contributed by atoms with Gasteiger partial charge in [0.15, 0.2) is 0 Å².